The first-order valence-electron chi connectivity index (χ1n) is 9.15. The fourth-order valence-electron chi connectivity index (χ4n) is 4.54. The Balaban J connectivity index is 1.72. The minimum atomic E-state index is -0.424. The highest BCUT2D eigenvalue weighted by molar-refractivity contribution is 5.67. The lowest BCUT2D eigenvalue weighted by Crippen LogP contribution is -2.45. The van der Waals surface area contributed by atoms with Crippen LogP contribution in [0.25, 0.3) is 0 Å². The van der Waals surface area contributed by atoms with Gasteiger partial charge in [0.1, 0.15) is 5.60 Å². The number of carbonyl (C=O) groups is 1. The molecule has 3 unspecified atom stereocenters. The molecule has 23 heavy (non-hydrogen) atoms. The van der Waals surface area contributed by atoms with Crippen LogP contribution in [-0.2, 0) is 4.74 Å². The van der Waals surface area contributed by atoms with Gasteiger partial charge in [-0.2, -0.15) is 0 Å². The maximum atomic E-state index is 11.9. The Labute approximate surface area is 142 Å². The van der Waals surface area contributed by atoms with Gasteiger partial charge in [0, 0.05) is 19.6 Å². The van der Waals surface area contributed by atoms with E-state index in [4.69, 9.17) is 4.74 Å². The number of nitrogens with zero attached hydrogens (tertiary/aromatic N) is 1. The van der Waals surface area contributed by atoms with Gasteiger partial charge in [-0.25, -0.2) is 4.79 Å². The molecule has 0 radical (unpaired) electrons. The van der Waals surface area contributed by atoms with Crippen molar-refractivity contribution in [2.24, 2.45) is 16.7 Å². The Morgan fingerprint density at radius 3 is 2.43 bits per heavy atom. The number of carbonyl (C=O) groups excluding carboxylic acids is 1. The zero-order valence-corrected chi connectivity index (χ0v) is 16.2. The first-order valence-corrected chi connectivity index (χ1v) is 9.15. The van der Waals surface area contributed by atoms with Crippen LogP contribution in [0.15, 0.2) is 0 Å². The molecule has 0 spiro atoms. The summed E-state index contributed by atoms with van der Waals surface area (Å²) in [6, 6.07) is 0.628. The van der Waals surface area contributed by atoms with Crippen molar-refractivity contribution in [2.75, 3.05) is 20.1 Å². The van der Waals surface area contributed by atoms with Crippen molar-refractivity contribution in [3.8, 4) is 0 Å². The molecule has 4 nitrogen and oxygen atoms in total. The molecular formula is C19H36N2O2. The summed E-state index contributed by atoms with van der Waals surface area (Å²) >= 11 is 0. The van der Waals surface area contributed by atoms with E-state index < -0.39 is 5.60 Å². The second-order valence-corrected chi connectivity index (χ2v) is 9.37. The largest absolute Gasteiger partial charge is 0.444 e. The standard InChI is InChI=1S/C19H36N2O2/c1-17(2,3)23-16(22)21(7)12-8-11-20-15-13-14-9-10-19(15,6)18(14,4)5/h14-15,20H,8-13H2,1-7H3. The highest BCUT2D eigenvalue weighted by Gasteiger charge is 2.60. The Morgan fingerprint density at radius 2 is 1.96 bits per heavy atom. The first kappa shape index (κ1) is 18.6. The topological polar surface area (TPSA) is 41.6 Å². The van der Waals surface area contributed by atoms with Crippen LogP contribution in [0, 0.1) is 16.7 Å². The summed E-state index contributed by atoms with van der Waals surface area (Å²) in [5, 5.41) is 3.77. The van der Waals surface area contributed by atoms with E-state index in [1.165, 1.54) is 19.3 Å². The van der Waals surface area contributed by atoms with Gasteiger partial charge in [-0.15, -0.1) is 0 Å². The van der Waals surface area contributed by atoms with Gasteiger partial charge in [-0.1, -0.05) is 20.8 Å². The molecule has 0 aromatic rings. The number of rotatable bonds is 5. The highest BCUT2D eigenvalue weighted by Crippen LogP contribution is 2.65. The maximum Gasteiger partial charge on any atom is 0.410 e. The van der Waals surface area contributed by atoms with Gasteiger partial charge < -0.3 is 15.0 Å². The van der Waals surface area contributed by atoms with Crippen molar-refractivity contribution in [1.29, 1.82) is 0 Å². The quantitative estimate of drug-likeness (QED) is 0.776. The monoisotopic (exact) mass is 324 g/mol. The molecule has 2 aliphatic carbocycles. The van der Waals surface area contributed by atoms with E-state index in [2.05, 4.69) is 26.1 Å². The number of ether oxygens (including phenoxy) is 1. The van der Waals surface area contributed by atoms with E-state index in [-0.39, 0.29) is 6.09 Å². The van der Waals surface area contributed by atoms with Crippen LogP contribution in [0.4, 0.5) is 4.79 Å². The average molecular weight is 325 g/mol. The second kappa shape index (κ2) is 6.27. The summed E-state index contributed by atoms with van der Waals surface area (Å²) in [6.45, 7) is 14.8. The van der Waals surface area contributed by atoms with E-state index in [0.29, 0.717) is 16.9 Å². The molecule has 0 aromatic carbocycles. The molecule has 2 rings (SSSR count). The minimum absolute atomic E-state index is 0.231. The molecule has 0 aliphatic heterocycles. The predicted octanol–water partition coefficient (Wildman–Crippen LogP) is 4.05. The molecule has 1 amide bonds. The summed E-state index contributed by atoms with van der Waals surface area (Å²) in [5.74, 6) is 0.870. The zero-order valence-electron chi connectivity index (χ0n) is 16.2. The van der Waals surface area contributed by atoms with Crippen molar-refractivity contribution in [3.05, 3.63) is 0 Å². The van der Waals surface area contributed by atoms with Gasteiger partial charge in [0.2, 0.25) is 0 Å². The maximum absolute atomic E-state index is 11.9. The van der Waals surface area contributed by atoms with Gasteiger partial charge in [0.15, 0.2) is 0 Å². The second-order valence-electron chi connectivity index (χ2n) is 9.37. The summed E-state index contributed by atoms with van der Waals surface area (Å²) < 4.78 is 5.38. The Bertz CT molecular complexity index is 441. The molecule has 4 heteroatoms. The Hall–Kier alpha value is -0.770. The summed E-state index contributed by atoms with van der Waals surface area (Å²) in [7, 11) is 1.82. The van der Waals surface area contributed by atoms with Crippen LogP contribution in [0.1, 0.15) is 67.2 Å². The smallest absolute Gasteiger partial charge is 0.410 e. The molecule has 2 saturated carbocycles. The summed E-state index contributed by atoms with van der Waals surface area (Å²) in [5.41, 5.74) is 0.458. The SMILES string of the molecule is CN(CCCNC1CC2CCC1(C)C2(C)C)C(=O)OC(C)(C)C. The van der Waals surface area contributed by atoms with Crippen molar-refractivity contribution < 1.29 is 9.53 Å². The van der Waals surface area contributed by atoms with Crippen LogP contribution >= 0.6 is 0 Å². The molecule has 2 aliphatic rings. The van der Waals surface area contributed by atoms with Gasteiger partial charge >= 0.3 is 6.09 Å². The number of hydrogen-bond acceptors (Lipinski definition) is 3. The van der Waals surface area contributed by atoms with Gasteiger partial charge in [0.05, 0.1) is 0 Å². The minimum Gasteiger partial charge on any atom is -0.444 e. The van der Waals surface area contributed by atoms with E-state index in [9.17, 15) is 4.79 Å². The third-order valence-corrected chi connectivity index (χ3v) is 6.56. The van der Waals surface area contributed by atoms with Gasteiger partial charge in [0.25, 0.3) is 0 Å². The predicted molar refractivity (Wildman–Crippen MR) is 94.5 cm³/mol. The molecular weight excluding hydrogens is 288 g/mol. The summed E-state index contributed by atoms with van der Waals surface area (Å²) in [4.78, 5) is 13.6. The lowest BCUT2D eigenvalue weighted by atomic mass is 9.69. The number of fused-ring (bicyclic) bond motifs is 2. The lowest BCUT2D eigenvalue weighted by Gasteiger charge is -2.39. The molecule has 0 aromatic heterocycles. The fourth-order valence-corrected chi connectivity index (χ4v) is 4.54. The lowest BCUT2D eigenvalue weighted by molar-refractivity contribution is 0.0296. The molecule has 0 saturated heterocycles. The highest BCUT2D eigenvalue weighted by atomic mass is 16.6. The zero-order chi connectivity index (χ0) is 17.5. The van der Waals surface area contributed by atoms with E-state index in [1.54, 1.807) is 4.90 Å². The Kier molecular flexibility index (Phi) is 5.06. The van der Waals surface area contributed by atoms with Crippen LogP contribution in [-0.4, -0.2) is 42.8 Å². The average Bonchev–Trinajstić information content (AvgIpc) is 2.74. The van der Waals surface area contributed by atoms with E-state index in [0.717, 1.165) is 25.4 Å². The van der Waals surface area contributed by atoms with Crippen molar-refractivity contribution in [3.63, 3.8) is 0 Å². The molecule has 2 fully saturated rings. The third kappa shape index (κ3) is 3.67. The van der Waals surface area contributed by atoms with Crippen molar-refractivity contribution >= 4 is 6.09 Å². The first-order chi connectivity index (χ1) is 10.5. The van der Waals surface area contributed by atoms with Crippen LogP contribution < -0.4 is 5.32 Å². The number of amides is 1. The van der Waals surface area contributed by atoms with E-state index >= 15 is 0 Å². The fraction of sp³-hybridized carbons (Fsp3) is 0.947. The summed E-state index contributed by atoms with van der Waals surface area (Å²) in [6.07, 6.45) is 4.78. The number of nitrogens with one attached hydrogen (secondary N) is 1. The van der Waals surface area contributed by atoms with Crippen LogP contribution in [0.3, 0.4) is 0 Å². The van der Waals surface area contributed by atoms with Gasteiger partial charge in [-0.3, -0.25) is 0 Å². The third-order valence-electron chi connectivity index (χ3n) is 6.56. The number of hydrogen-bond donors (Lipinski definition) is 1. The van der Waals surface area contributed by atoms with Crippen molar-refractivity contribution in [1.82, 2.24) is 10.2 Å². The van der Waals surface area contributed by atoms with Crippen molar-refractivity contribution in [2.45, 2.75) is 78.9 Å². The normalized spacial score (nSPS) is 32.1. The molecule has 0 heterocycles. The molecule has 134 valence electrons. The van der Waals surface area contributed by atoms with Gasteiger partial charge in [-0.05, 0) is 69.7 Å². The van der Waals surface area contributed by atoms with Crippen LogP contribution in [0.2, 0.25) is 0 Å². The molecule has 2 bridgehead atoms. The van der Waals surface area contributed by atoms with E-state index in [1.807, 2.05) is 27.8 Å². The Morgan fingerprint density at radius 1 is 1.30 bits per heavy atom. The molecule has 1 N–H and O–H groups in total. The van der Waals surface area contributed by atoms with Crippen LogP contribution in [0.5, 0.6) is 0 Å². The molecule has 3 atom stereocenters.